The Balaban J connectivity index is 1.07. The number of hydrogen-bond acceptors (Lipinski definition) is 20. The van der Waals surface area contributed by atoms with Gasteiger partial charge < -0.3 is 70.6 Å². The number of carbonyl (C=O) groups is 3. The number of aliphatic hydroxyl groups is 10. The second-order valence-electron chi connectivity index (χ2n) is 21.6. The van der Waals surface area contributed by atoms with Crippen molar-refractivity contribution in [3.63, 3.8) is 0 Å². The molecule has 0 unspecified atom stereocenters. The van der Waals surface area contributed by atoms with Crippen LogP contribution in [0.25, 0.3) is 11.2 Å². The molecule has 21 nitrogen and oxygen atoms in total. The lowest BCUT2D eigenvalue weighted by Gasteiger charge is -2.63. The van der Waals surface area contributed by atoms with E-state index < -0.39 is 149 Å². The Labute approximate surface area is 386 Å². The summed E-state index contributed by atoms with van der Waals surface area (Å²) in [5.74, 6) is -3.99. The van der Waals surface area contributed by atoms with Gasteiger partial charge in [0.25, 0.3) is 0 Å². The molecule has 4 heterocycles. The highest BCUT2D eigenvalue weighted by Crippen LogP contribution is 2.74. The largest absolute Gasteiger partial charge is 0.459 e. The Kier molecular flexibility index (Phi) is 12.3. The zero-order chi connectivity index (χ0) is 49.3. The molecule has 2 aromatic heterocycles. The van der Waals surface area contributed by atoms with Crippen LogP contribution in [0.3, 0.4) is 0 Å². The molecule has 2 saturated heterocycles. The minimum absolute atomic E-state index is 0.0840. The van der Waals surface area contributed by atoms with Crippen LogP contribution in [0.2, 0.25) is 0 Å². The number of nitrogens with one attached hydrogen (secondary N) is 1. The smallest absolute Gasteiger partial charge is 0.229 e. The maximum atomic E-state index is 15.1. The topological polar surface area (TPSA) is 337 Å². The van der Waals surface area contributed by atoms with Crippen molar-refractivity contribution in [3.05, 3.63) is 36.1 Å². The summed E-state index contributed by atoms with van der Waals surface area (Å²) in [6, 6.07) is -1.12. The molecule has 0 radical (unpaired) electrons. The number of aromatic nitrogens is 4. The molecule has 2 aliphatic heterocycles. The lowest BCUT2D eigenvalue weighted by molar-refractivity contribution is -0.291. The summed E-state index contributed by atoms with van der Waals surface area (Å²) in [7, 11) is 0. The summed E-state index contributed by atoms with van der Waals surface area (Å²) in [6.07, 6.45) is -8.71. The number of ketones is 3. The van der Waals surface area contributed by atoms with Crippen molar-refractivity contribution in [3.8, 4) is 0 Å². The van der Waals surface area contributed by atoms with E-state index in [2.05, 4.69) is 20.3 Å². The second-order valence-corrected chi connectivity index (χ2v) is 21.6. The minimum Gasteiger partial charge on any atom is -0.459 e. The molecular weight excluding hydrogens is 879 g/mol. The van der Waals surface area contributed by atoms with Gasteiger partial charge in [-0.05, 0) is 70.3 Å². The number of nitrogens with zero attached hydrogens (tertiary/aromatic N) is 4. The van der Waals surface area contributed by atoms with Crippen LogP contribution in [-0.2, 0) is 28.6 Å². The third-order valence-corrected chi connectivity index (χ3v) is 17.0. The number of anilines is 1. The van der Waals surface area contributed by atoms with Crippen LogP contribution in [0, 0.1) is 39.4 Å². The Morgan fingerprint density at radius 3 is 2.16 bits per heavy atom. The highest BCUT2D eigenvalue weighted by molar-refractivity contribution is 6.02. The molecule has 2 aromatic rings. The van der Waals surface area contributed by atoms with Crippen molar-refractivity contribution >= 4 is 34.3 Å². The molecule has 67 heavy (non-hydrogen) atoms. The van der Waals surface area contributed by atoms with Crippen LogP contribution >= 0.6 is 0 Å². The quantitative estimate of drug-likeness (QED) is 0.113. The maximum absolute atomic E-state index is 15.1. The number of fused-ring (bicyclic) bond motifs is 6. The normalized spacial score (nSPS) is 42.0. The van der Waals surface area contributed by atoms with Crippen molar-refractivity contribution in [2.75, 3.05) is 18.5 Å². The van der Waals surface area contributed by atoms with Gasteiger partial charge in [0, 0.05) is 30.1 Å². The number of allylic oxidation sites excluding steroid dienone is 4. The highest BCUT2D eigenvalue weighted by atomic mass is 16.7. The van der Waals surface area contributed by atoms with Crippen molar-refractivity contribution in [1.82, 2.24) is 19.5 Å². The summed E-state index contributed by atoms with van der Waals surface area (Å²) in [5.41, 5.74) is -7.38. The first kappa shape index (κ1) is 49.6. The Bertz CT molecular complexity index is 2360. The Hall–Kier alpha value is -3.84. The van der Waals surface area contributed by atoms with E-state index in [0.29, 0.717) is 12.0 Å². The average molecular weight is 944 g/mol. The third kappa shape index (κ3) is 7.33. The van der Waals surface area contributed by atoms with Gasteiger partial charge in [-0.3, -0.25) is 19.0 Å². The summed E-state index contributed by atoms with van der Waals surface area (Å²) in [6.45, 7) is 12.0. The third-order valence-electron chi connectivity index (χ3n) is 17.0. The Morgan fingerprint density at radius 2 is 1.54 bits per heavy atom. The molecule has 0 bridgehead atoms. The van der Waals surface area contributed by atoms with E-state index in [0.717, 1.165) is 0 Å². The van der Waals surface area contributed by atoms with Crippen LogP contribution in [0.4, 0.5) is 5.82 Å². The molecule has 6 aliphatic rings. The van der Waals surface area contributed by atoms with E-state index in [-0.39, 0.29) is 41.4 Å². The molecule has 0 aromatic carbocycles. The lowest BCUT2D eigenvalue weighted by Crippen LogP contribution is -2.64. The monoisotopic (exact) mass is 943 g/mol. The van der Waals surface area contributed by atoms with Crippen LogP contribution < -0.4 is 5.32 Å². The number of hydrogen-bond donors (Lipinski definition) is 11. The van der Waals surface area contributed by atoms with Crippen LogP contribution in [0.1, 0.15) is 87.3 Å². The predicted octanol–water partition coefficient (Wildman–Crippen LogP) is -1.06. The van der Waals surface area contributed by atoms with Crippen molar-refractivity contribution in [1.29, 1.82) is 0 Å². The fraction of sp³-hybridized carbons (Fsp3) is 0.739. The fourth-order valence-electron chi connectivity index (χ4n) is 12.8. The summed E-state index contributed by atoms with van der Waals surface area (Å²) in [5, 5.41) is 111. The number of imidazole rings is 1. The van der Waals surface area contributed by atoms with Gasteiger partial charge >= 0.3 is 0 Å². The van der Waals surface area contributed by atoms with Gasteiger partial charge in [0.15, 0.2) is 34.8 Å². The van der Waals surface area contributed by atoms with Gasteiger partial charge in [-0.25, -0.2) is 15.0 Å². The zero-order valence-electron chi connectivity index (χ0n) is 38.8. The standard InChI is InChI=1S/C46H65N5O16/c1-41(2)19-9-10-25-43(5)13-21(54)35(44(43,6)14-28(56)45(25,7)20(19)11-22(36(41)62)66-40-34(61)32(59)30(57)24(16-53)67-40)46(8,64)27(55)12-26(42(3,4)63)50-37-29-38(48-17-47-37)51(18-49-29)39-33(60)31(58)23(15-52)65-39/h9,11,17-18,20-21,23-26,30-35,39-40,52-54,57-61,63-64H,10,12-16H2,1-8H3,(H,47,48,50)/t20-,21-,23+,24-,25+,26-,30+,31-,32+,33-,34-,35+,39+,40-,43+,44-,45+,46+/m1/s1. The van der Waals surface area contributed by atoms with E-state index in [4.69, 9.17) is 14.2 Å². The molecular formula is C46H65N5O16. The summed E-state index contributed by atoms with van der Waals surface area (Å²) in [4.78, 5) is 56.9. The first-order valence-corrected chi connectivity index (χ1v) is 22.8. The molecule has 2 saturated carbocycles. The molecule has 4 aliphatic carbocycles. The molecule has 0 amide bonds. The summed E-state index contributed by atoms with van der Waals surface area (Å²) < 4.78 is 18.6. The first-order valence-electron chi connectivity index (χ1n) is 22.8. The van der Waals surface area contributed by atoms with E-state index in [1.165, 1.54) is 44.1 Å². The molecule has 18 atom stereocenters. The molecule has 370 valence electrons. The highest BCUT2D eigenvalue weighted by Gasteiger charge is 2.74. The second kappa shape index (κ2) is 16.7. The predicted molar refractivity (Wildman–Crippen MR) is 232 cm³/mol. The minimum atomic E-state index is -2.25. The number of rotatable bonds is 12. The van der Waals surface area contributed by atoms with E-state index in [1.807, 2.05) is 26.8 Å². The van der Waals surface area contributed by atoms with Crippen molar-refractivity contribution in [2.24, 2.45) is 39.4 Å². The van der Waals surface area contributed by atoms with E-state index in [9.17, 15) is 60.7 Å². The molecule has 4 fully saturated rings. The van der Waals surface area contributed by atoms with Crippen molar-refractivity contribution < 1.29 is 79.7 Å². The molecule has 0 spiro atoms. The number of aliphatic hydroxyl groups excluding tert-OH is 8. The van der Waals surface area contributed by atoms with Gasteiger partial charge in [0.2, 0.25) is 12.1 Å². The van der Waals surface area contributed by atoms with Crippen LogP contribution in [0.5, 0.6) is 0 Å². The van der Waals surface area contributed by atoms with Gasteiger partial charge in [-0.2, -0.15) is 0 Å². The number of ether oxygens (including phenoxy) is 3. The number of carbonyl (C=O) groups excluding carboxylic acids is 3. The number of Topliss-reactive ketones (excluding diaryl/α,β-unsaturated/α-hetero) is 3. The van der Waals surface area contributed by atoms with Gasteiger partial charge in [-0.1, -0.05) is 32.4 Å². The Morgan fingerprint density at radius 1 is 0.896 bits per heavy atom. The van der Waals surface area contributed by atoms with Gasteiger partial charge in [0.1, 0.15) is 60.4 Å². The SMILES string of the molecule is CC1(C)C(=O)C(O[C@@H]2O[C@H](CO)[C@H](O)[C@H](O)[C@H]2O)=C[C@@H]2C1=CC[C@@H]1[C@@]2(C)C(=O)C[C@]2(C)[C@@H]([C@@](C)(O)C(=O)C[C@@H](Nc3ncnc4c3ncn4[C@H]3O[C@@H](CO)[C@@H](O)[C@H]3O)C(C)(C)O)[C@H](O)C[C@@]12C. The molecule has 8 rings (SSSR count). The molecule has 21 heteroatoms. The zero-order valence-corrected chi connectivity index (χ0v) is 38.8. The average Bonchev–Trinajstić information content (AvgIpc) is 3.87. The van der Waals surface area contributed by atoms with Crippen LogP contribution in [0.15, 0.2) is 36.1 Å². The molecule has 11 N–H and O–H groups in total. The van der Waals surface area contributed by atoms with Gasteiger partial charge in [0.05, 0.1) is 42.7 Å². The first-order chi connectivity index (χ1) is 31.1. The van der Waals surface area contributed by atoms with Crippen LogP contribution in [-0.4, -0.2) is 174 Å². The van der Waals surface area contributed by atoms with Gasteiger partial charge in [-0.15, -0.1) is 0 Å². The van der Waals surface area contributed by atoms with Crippen molar-refractivity contribution in [2.45, 2.75) is 160 Å². The summed E-state index contributed by atoms with van der Waals surface area (Å²) >= 11 is 0. The lowest BCUT2D eigenvalue weighted by atomic mass is 9.39. The van der Waals surface area contributed by atoms with E-state index >= 15 is 4.79 Å². The maximum Gasteiger partial charge on any atom is 0.229 e. The van der Waals surface area contributed by atoms with E-state index in [1.54, 1.807) is 13.8 Å². The fourth-order valence-corrected chi connectivity index (χ4v) is 12.8.